The fourth-order valence-electron chi connectivity index (χ4n) is 1.13. The second-order valence-corrected chi connectivity index (χ2v) is 2.86. The van der Waals surface area contributed by atoms with Gasteiger partial charge in [0, 0.05) is 11.8 Å². The Hall–Kier alpha value is -1.92. The number of alkyl halides is 2. The van der Waals surface area contributed by atoms with Crippen molar-refractivity contribution in [2.75, 3.05) is 5.73 Å². The van der Waals surface area contributed by atoms with Crippen molar-refractivity contribution in [3.63, 3.8) is 0 Å². The highest BCUT2D eigenvalue weighted by molar-refractivity contribution is 5.69. The van der Waals surface area contributed by atoms with Crippen molar-refractivity contribution in [3.8, 4) is 0 Å². The molecule has 1 aromatic rings. The van der Waals surface area contributed by atoms with E-state index in [0.717, 1.165) is 6.07 Å². The number of carboxylic acid groups (broad SMARTS) is 1. The third-order valence-electron chi connectivity index (χ3n) is 1.72. The maximum atomic E-state index is 12.3. The van der Waals surface area contributed by atoms with Crippen molar-refractivity contribution in [1.29, 1.82) is 0 Å². The largest absolute Gasteiger partial charge is 0.481 e. The quantitative estimate of drug-likeness (QED) is 0.689. The molecule has 4 N–H and O–H groups in total. The Balaban J connectivity index is 3.20. The van der Waals surface area contributed by atoms with Crippen LogP contribution >= 0.6 is 0 Å². The summed E-state index contributed by atoms with van der Waals surface area (Å²) in [5.74, 6) is -1.68. The van der Waals surface area contributed by atoms with E-state index < -0.39 is 35.6 Å². The Morgan fingerprint density at radius 2 is 2.20 bits per heavy atom. The second kappa shape index (κ2) is 4.07. The fourth-order valence-corrected chi connectivity index (χ4v) is 1.13. The van der Waals surface area contributed by atoms with Crippen LogP contribution in [0, 0.1) is 0 Å². The van der Waals surface area contributed by atoms with Gasteiger partial charge in [-0.2, -0.15) is 0 Å². The van der Waals surface area contributed by atoms with Gasteiger partial charge in [0.2, 0.25) is 0 Å². The van der Waals surface area contributed by atoms with E-state index in [2.05, 4.69) is 4.98 Å². The molecule has 0 saturated heterocycles. The molecule has 0 aliphatic carbocycles. The summed E-state index contributed by atoms with van der Waals surface area (Å²) < 4.78 is 24.5. The maximum absolute atomic E-state index is 12.3. The molecule has 0 aromatic carbocycles. The van der Waals surface area contributed by atoms with Crippen molar-refractivity contribution in [1.82, 2.24) is 4.98 Å². The van der Waals surface area contributed by atoms with Crippen LogP contribution in [-0.2, 0) is 11.2 Å². The molecule has 0 aliphatic rings. The number of hydrogen-bond donors (Lipinski definition) is 3. The summed E-state index contributed by atoms with van der Waals surface area (Å²) in [7, 11) is 0. The highest BCUT2D eigenvalue weighted by Gasteiger charge is 2.17. The number of rotatable bonds is 3. The molecule has 0 amide bonds. The van der Waals surface area contributed by atoms with Gasteiger partial charge in [0.05, 0.1) is 6.42 Å². The average Bonchev–Trinajstić information content (AvgIpc) is 1.99. The summed E-state index contributed by atoms with van der Waals surface area (Å²) in [5.41, 5.74) is 3.38. The molecular formula is C8H8F2N2O3. The first-order valence-electron chi connectivity index (χ1n) is 3.93. The summed E-state index contributed by atoms with van der Waals surface area (Å²) >= 11 is 0. The summed E-state index contributed by atoms with van der Waals surface area (Å²) in [6.45, 7) is 0. The number of hydrogen-bond acceptors (Lipinski definition) is 3. The average molecular weight is 218 g/mol. The van der Waals surface area contributed by atoms with Crippen molar-refractivity contribution in [3.05, 3.63) is 27.5 Å². The zero-order valence-electron chi connectivity index (χ0n) is 7.46. The van der Waals surface area contributed by atoms with Crippen LogP contribution in [0.5, 0.6) is 0 Å². The minimum atomic E-state index is -2.98. The Bertz CT molecular complexity index is 442. The van der Waals surface area contributed by atoms with Crippen LogP contribution in [-0.4, -0.2) is 16.1 Å². The summed E-state index contributed by atoms with van der Waals surface area (Å²) in [4.78, 5) is 23.7. The molecule has 0 spiro atoms. The monoisotopic (exact) mass is 218 g/mol. The van der Waals surface area contributed by atoms with E-state index in [4.69, 9.17) is 10.8 Å². The molecule has 0 fully saturated rings. The lowest BCUT2D eigenvalue weighted by atomic mass is 10.2. The first-order chi connectivity index (χ1) is 6.91. The van der Waals surface area contributed by atoms with Crippen LogP contribution in [0.15, 0.2) is 10.9 Å². The highest BCUT2D eigenvalue weighted by atomic mass is 19.3. The van der Waals surface area contributed by atoms with Gasteiger partial charge in [-0.15, -0.1) is 0 Å². The molecule has 82 valence electrons. The number of carbonyl (C=O) groups is 1. The van der Waals surface area contributed by atoms with E-state index in [1.54, 1.807) is 0 Å². The fraction of sp³-hybridized carbons (Fsp3) is 0.250. The molecular weight excluding hydrogens is 210 g/mol. The summed E-state index contributed by atoms with van der Waals surface area (Å²) in [6.07, 6.45) is -3.45. The van der Waals surface area contributed by atoms with Crippen LogP contribution in [0.1, 0.15) is 17.7 Å². The lowest BCUT2D eigenvalue weighted by Gasteiger charge is -2.05. The molecule has 0 bridgehead atoms. The number of carboxylic acids is 1. The first-order valence-corrected chi connectivity index (χ1v) is 3.93. The number of aromatic amines is 1. The van der Waals surface area contributed by atoms with E-state index in [1.165, 1.54) is 0 Å². The number of halogens is 2. The van der Waals surface area contributed by atoms with Crippen LogP contribution < -0.4 is 11.2 Å². The molecule has 7 heteroatoms. The highest BCUT2D eigenvalue weighted by Crippen LogP contribution is 2.19. The lowest BCUT2D eigenvalue weighted by molar-refractivity contribution is -0.136. The summed E-state index contributed by atoms with van der Waals surface area (Å²) in [6, 6.07) is 0.811. The second-order valence-electron chi connectivity index (χ2n) is 2.86. The lowest BCUT2D eigenvalue weighted by Crippen LogP contribution is -2.17. The Labute approximate surface area is 82.5 Å². The Kier molecular flexibility index (Phi) is 3.03. The number of aromatic nitrogens is 1. The van der Waals surface area contributed by atoms with Crippen LogP contribution in [0.3, 0.4) is 0 Å². The van der Waals surface area contributed by atoms with Gasteiger partial charge in [-0.25, -0.2) is 8.78 Å². The zero-order valence-corrected chi connectivity index (χ0v) is 7.46. The van der Waals surface area contributed by atoms with Gasteiger partial charge < -0.3 is 15.8 Å². The third-order valence-corrected chi connectivity index (χ3v) is 1.72. The Morgan fingerprint density at radius 1 is 1.60 bits per heavy atom. The molecule has 15 heavy (non-hydrogen) atoms. The molecule has 5 nitrogen and oxygen atoms in total. The van der Waals surface area contributed by atoms with Gasteiger partial charge in [-0.1, -0.05) is 0 Å². The van der Waals surface area contributed by atoms with Crippen molar-refractivity contribution < 1.29 is 18.7 Å². The van der Waals surface area contributed by atoms with Crippen LogP contribution in [0.25, 0.3) is 0 Å². The van der Waals surface area contributed by atoms with Crippen molar-refractivity contribution in [2.24, 2.45) is 0 Å². The van der Waals surface area contributed by atoms with Crippen molar-refractivity contribution in [2.45, 2.75) is 12.8 Å². The van der Waals surface area contributed by atoms with Gasteiger partial charge >= 0.3 is 5.97 Å². The van der Waals surface area contributed by atoms with Gasteiger partial charge in [-0.05, 0) is 0 Å². The van der Waals surface area contributed by atoms with E-state index in [0.29, 0.717) is 0 Å². The zero-order chi connectivity index (χ0) is 11.6. The SMILES string of the molecule is Nc1[nH]c(CC(=O)O)cc(=O)c1C(F)F. The smallest absolute Gasteiger partial charge is 0.309 e. The van der Waals surface area contributed by atoms with Gasteiger partial charge in [-0.3, -0.25) is 9.59 Å². The van der Waals surface area contributed by atoms with E-state index >= 15 is 0 Å². The van der Waals surface area contributed by atoms with E-state index in [9.17, 15) is 18.4 Å². The maximum Gasteiger partial charge on any atom is 0.309 e. The standard InChI is InChI=1S/C8H8F2N2O3/c9-7(10)6-4(13)1-3(2-5(14)15)12-8(6)11/h1,7H,2H2,(H,14,15)(H3,11,12,13). The van der Waals surface area contributed by atoms with E-state index in [1.807, 2.05) is 0 Å². The molecule has 1 aromatic heterocycles. The van der Waals surface area contributed by atoms with Crippen LogP contribution in [0.4, 0.5) is 14.6 Å². The number of nitrogen functional groups attached to an aromatic ring is 1. The van der Waals surface area contributed by atoms with Gasteiger partial charge in [0.15, 0.2) is 5.43 Å². The molecule has 0 aliphatic heterocycles. The molecule has 0 atom stereocenters. The Morgan fingerprint density at radius 3 is 2.60 bits per heavy atom. The minimum Gasteiger partial charge on any atom is -0.481 e. The first kappa shape index (κ1) is 11.2. The van der Waals surface area contributed by atoms with Crippen molar-refractivity contribution >= 4 is 11.8 Å². The number of anilines is 1. The molecule has 0 radical (unpaired) electrons. The topological polar surface area (TPSA) is 96.2 Å². The minimum absolute atomic E-state index is 0.00519. The van der Waals surface area contributed by atoms with Gasteiger partial charge in [0.25, 0.3) is 6.43 Å². The number of aliphatic carboxylic acids is 1. The molecule has 0 saturated carbocycles. The predicted molar refractivity (Wildman–Crippen MR) is 47.8 cm³/mol. The third kappa shape index (κ3) is 2.52. The number of pyridine rings is 1. The van der Waals surface area contributed by atoms with Crippen LogP contribution in [0.2, 0.25) is 0 Å². The number of nitrogens with one attached hydrogen (secondary N) is 1. The van der Waals surface area contributed by atoms with E-state index in [-0.39, 0.29) is 5.69 Å². The number of nitrogens with two attached hydrogens (primary N) is 1. The number of H-pyrrole nitrogens is 1. The normalized spacial score (nSPS) is 10.6. The molecule has 1 rings (SSSR count). The van der Waals surface area contributed by atoms with Gasteiger partial charge in [0.1, 0.15) is 11.4 Å². The predicted octanol–water partition coefficient (Wildman–Crippen LogP) is 0.522. The molecule has 1 heterocycles. The molecule has 0 unspecified atom stereocenters. The summed E-state index contributed by atoms with van der Waals surface area (Å²) in [5, 5.41) is 8.42.